The van der Waals surface area contributed by atoms with Crippen molar-refractivity contribution in [3.05, 3.63) is 35.2 Å². The first-order valence-corrected chi connectivity index (χ1v) is 8.16. The topological polar surface area (TPSA) is 15.3 Å². The minimum Gasteiger partial charge on any atom is -0.315 e. The Balaban J connectivity index is 1.73. The van der Waals surface area contributed by atoms with Gasteiger partial charge in [0.05, 0.1) is 0 Å². The van der Waals surface area contributed by atoms with Crippen LogP contribution in [0.15, 0.2) is 29.6 Å². The Morgan fingerprint density at radius 3 is 3.16 bits per heavy atom. The molecule has 3 rings (SSSR count). The Hall–Kier alpha value is -0.900. The third kappa shape index (κ3) is 2.83. The Kier molecular flexibility index (Phi) is 4.16. The lowest BCUT2D eigenvalue weighted by atomic mass is 10.1. The lowest BCUT2D eigenvalue weighted by molar-refractivity contribution is 0.241. The Labute approximate surface area is 119 Å². The van der Waals surface area contributed by atoms with E-state index < -0.39 is 0 Å². The van der Waals surface area contributed by atoms with Crippen LogP contribution >= 0.6 is 11.3 Å². The number of likely N-dealkylation sites (tertiary alicyclic amines) is 1. The van der Waals surface area contributed by atoms with Crippen molar-refractivity contribution in [1.82, 2.24) is 10.2 Å². The van der Waals surface area contributed by atoms with E-state index in [9.17, 15) is 0 Å². The van der Waals surface area contributed by atoms with Crippen LogP contribution in [-0.2, 0) is 6.54 Å². The molecular formula is C16H22N2S. The van der Waals surface area contributed by atoms with E-state index in [1.54, 1.807) is 0 Å². The van der Waals surface area contributed by atoms with Crippen molar-refractivity contribution in [2.45, 2.75) is 32.4 Å². The fraction of sp³-hybridized carbons (Fsp3) is 0.500. The molecule has 1 fully saturated rings. The number of likely N-dealkylation sites (N-methyl/N-ethyl adjacent to an activating group) is 1. The van der Waals surface area contributed by atoms with Crippen molar-refractivity contribution >= 4 is 21.4 Å². The average Bonchev–Trinajstić information content (AvgIpc) is 3.05. The van der Waals surface area contributed by atoms with Gasteiger partial charge in [-0.3, -0.25) is 4.90 Å². The number of fused-ring (bicyclic) bond motifs is 1. The number of nitrogens with zero attached hydrogens (tertiary/aromatic N) is 1. The third-order valence-corrected chi connectivity index (χ3v) is 5.08. The monoisotopic (exact) mass is 274 g/mol. The lowest BCUT2D eigenvalue weighted by Gasteiger charge is -2.24. The second-order valence-corrected chi connectivity index (χ2v) is 6.24. The zero-order valence-electron chi connectivity index (χ0n) is 11.6. The summed E-state index contributed by atoms with van der Waals surface area (Å²) in [7, 11) is 0. The minimum absolute atomic E-state index is 0.721. The molecule has 1 aliphatic heterocycles. The SMILES string of the molecule is CCNCC1CCCN1Cc1csc2ccccc12. The molecule has 19 heavy (non-hydrogen) atoms. The van der Waals surface area contributed by atoms with E-state index in [0.29, 0.717) is 0 Å². The van der Waals surface area contributed by atoms with Crippen LogP contribution in [0.25, 0.3) is 10.1 Å². The van der Waals surface area contributed by atoms with Gasteiger partial charge in [0.15, 0.2) is 0 Å². The van der Waals surface area contributed by atoms with Gasteiger partial charge in [-0.05, 0) is 48.3 Å². The molecule has 1 unspecified atom stereocenters. The second-order valence-electron chi connectivity index (χ2n) is 5.33. The number of thiophene rings is 1. The number of hydrogen-bond acceptors (Lipinski definition) is 3. The average molecular weight is 274 g/mol. The van der Waals surface area contributed by atoms with Crippen LogP contribution < -0.4 is 5.32 Å². The number of hydrogen-bond donors (Lipinski definition) is 1. The van der Waals surface area contributed by atoms with Crippen LogP contribution in [0.1, 0.15) is 25.3 Å². The van der Waals surface area contributed by atoms with Gasteiger partial charge in [-0.1, -0.05) is 25.1 Å². The van der Waals surface area contributed by atoms with Crippen LogP contribution in [0.2, 0.25) is 0 Å². The first-order valence-electron chi connectivity index (χ1n) is 7.28. The number of rotatable bonds is 5. The predicted octanol–water partition coefficient (Wildman–Crippen LogP) is 3.48. The molecule has 1 atom stereocenters. The minimum atomic E-state index is 0.721. The van der Waals surface area contributed by atoms with E-state index in [0.717, 1.165) is 25.7 Å². The Morgan fingerprint density at radius 2 is 2.26 bits per heavy atom. The molecule has 0 radical (unpaired) electrons. The van der Waals surface area contributed by atoms with Crippen molar-refractivity contribution in [1.29, 1.82) is 0 Å². The van der Waals surface area contributed by atoms with Gasteiger partial charge in [0.25, 0.3) is 0 Å². The third-order valence-electron chi connectivity index (χ3n) is 4.06. The van der Waals surface area contributed by atoms with Gasteiger partial charge in [0.2, 0.25) is 0 Å². The van der Waals surface area contributed by atoms with Crippen molar-refractivity contribution in [2.75, 3.05) is 19.6 Å². The summed E-state index contributed by atoms with van der Waals surface area (Å²) < 4.78 is 1.42. The number of benzene rings is 1. The fourth-order valence-electron chi connectivity index (χ4n) is 3.02. The van der Waals surface area contributed by atoms with E-state index >= 15 is 0 Å². The first kappa shape index (κ1) is 13.1. The van der Waals surface area contributed by atoms with Crippen LogP contribution in [0.4, 0.5) is 0 Å². The second kappa shape index (κ2) is 6.04. The van der Waals surface area contributed by atoms with E-state index in [2.05, 4.69) is 46.8 Å². The highest BCUT2D eigenvalue weighted by Gasteiger charge is 2.24. The summed E-state index contributed by atoms with van der Waals surface area (Å²) in [4.78, 5) is 2.65. The summed E-state index contributed by atoms with van der Waals surface area (Å²) in [5.74, 6) is 0. The highest BCUT2D eigenvalue weighted by atomic mass is 32.1. The molecule has 2 heterocycles. The molecule has 1 aliphatic rings. The van der Waals surface area contributed by atoms with Crippen LogP contribution in [-0.4, -0.2) is 30.6 Å². The van der Waals surface area contributed by atoms with Crippen molar-refractivity contribution in [3.8, 4) is 0 Å². The highest BCUT2D eigenvalue weighted by molar-refractivity contribution is 7.17. The smallest absolute Gasteiger partial charge is 0.0346 e. The maximum atomic E-state index is 3.50. The molecule has 1 aromatic heterocycles. The van der Waals surface area contributed by atoms with Crippen molar-refractivity contribution < 1.29 is 0 Å². The van der Waals surface area contributed by atoms with E-state index in [-0.39, 0.29) is 0 Å². The molecule has 3 heteroatoms. The zero-order chi connectivity index (χ0) is 13.1. The molecule has 0 bridgehead atoms. The summed E-state index contributed by atoms with van der Waals surface area (Å²) in [6.07, 6.45) is 2.69. The molecule has 2 nitrogen and oxygen atoms in total. The zero-order valence-corrected chi connectivity index (χ0v) is 12.4. The van der Waals surface area contributed by atoms with Crippen LogP contribution in [0.3, 0.4) is 0 Å². The van der Waals surface area contributed by atoms with Gasteiger partial charge >= 0.3 is 0 Å². The molecule has 0 spiro atoms. The summed E-state index contributed by atoms with van der Waals surface area (Å²) in [6, 6.07) is 9.49. The van der Waals surface area contributed by atoms with Crippen molar-refractivity contribution in [2.24, 2.45) is 0 Å². The van der Waals surface area contributed by atoms with E-state index in [1.807, 2.05) is 11.3 Å². The summed E-state index contributed by atoms with van der Waals surface area (Å²) in [6.45, 7) is 6.76. The van der Waals surface area contributed by atoms with Gasteiger partial charge in [0, 0.05) is 23.8 Å². The van der Waals surface area contributed by atoms with Gasteiger partial charge in [0.1, 0.15) is 0 Å². The van der Waals surface area contributed by atoms with E-state index in [1.165, 1.54) is 35.0 Å². The summed E-state index contributed by atoms with van der Waals surface area (Å²) >= 11 is 1.87. The highest BCUT2D eigenvalue weighted by Crippen LogP contribution is 2.28. The van der Waals surface area contributed by atoms with Crippen LogP contribution in [0, 0.1) is 0 Å². The maximum absolute atomic E-state index is 3.50. The molecule has 1 N–H and O–H groups in total. The largest absolute Gasteiger partial charge is 0.315 e. The standard InChI is InChI=1S/C16H22N2S/c1-2-17-10-14-6-5-9-18(14)11-13-12-19-16-8-4-3-7-15(13)16/h3-4,7-8,12,14,17H,2,5-6,9-11H2,1H3. The molecule has 0 saturated carbocycles. The molecule has 0 amide bonds. The first-order chi connectivity index (χ1) is 9.38. The quantitative estimate of drug-likeness (QED) is 0.898. The van der Waals surface area contributed by atoms with Crippen LogP contribution in [0.5, 0.6) is 0 Å². The molecule has 1 saturated heterocycles. The maximum Gasteiger partial charge on any atom is 0.0346 e. The van der Waals surface area contributed by atoms with Crippen molar-refractivity contribution in [3.63, 3.8) is 0 Å². The Bertz CT molecular complexity index is 534. The van der Waals surface area contributed by atoms with Gasteiger partial charge in [-0.2, -0.15) is 0 Å². The molecule has 102 valence electrons. The normalized spacial score (nSPS) is 20.4. The summed E-state index contributed by atoms with van der Waals surface area (Å²) in [5, 5.41) is 7.28. The van der Waals surface area contributed by atoms with E-state index in [4.69, 9.17) is 0 Å². The Morgan fingerprint density at radius 1 is 1.37 bits per heavy atom. The van der Waals surface area contributed by atoms with Gasteiger partial charge in [-0.15, -0.1) is 11.3 Å². The predicted molar refractivity (Wildman–Crippen MR) is 83.8 cm³/mol. The van der Waals surface area contributed by atoms with Gasteiger partial charge in [-0.25, -0.2) is 0 Å². The molecule has 2 aromatic rings. The lowest BCUT2D eigenvalue weighted by Crippen LogP contribution is -2.37. The number of nitrogens with one attached hydrogen (secondary N) is 1. The fourth-order valence-corrected chi connectivity index (χ4v) is 3.97. The molecule has 0 aliphatic carbocycles. The molecular weight excluding hydrogens is 252 g/mol. The molecule has 1 aromatic carbocycles. The van der Waals surface area contributed by atoms with Gasteiger partial charge < -0.3 is 5.32 Å². The summed E-state index contributed by atoms with van der Waals surface area (Å²) in [5.41, 5.74) is 1.50.